The van der Waals surface area contributed by atoms with Gasteiger partial charge in [0.05, 0.1) is 0 Å². The summed E-state index contributed by atoms with van der Waals surface area (Å²) in [5.74, 6) is 0. The van der Waals surface area contributed by atoms with E-state index >= 15 is 0 Å². The van der Waals surface area contributed by atoms with Crippen molar-refractivity contribution >= 4 is 35.8 Å². The Hall–Kier alpha value is -0.400. The van der Waals surface area contributed by atoms with Crippen LogP contribution >= 0.6 is 24.8 Å². The van der Waals surface area contributed by atoms with Gasteiger partial charge in [-0.1, -0.05) is 52.6 Å². The minimum absolute atomic E-state index is 0. The molecule has 0 nitrogen and oxygen atoms in total. The summed E-state index contributed by atoms with van der Waals surface area (Å²) in [6, 6.07) is 16.9. The molecular weight excluding hydrogens is 454 g/mol. The molecule has 4 heteroatoms. The Morgan fingerprint density at radius 3 is 2.23 bits per heavy atom. The molecule has 0 amide bonds. The van der Waals surface area contributed by atoms with Gasteiger partial charge in [-0.15, -0.1) is 59.7 Å². The van der Waals surface area contributed by atoms with Crippen molar-refractivity contribution in [3.63, 3.8) is 0 Å². The first-order valence-corrected chi connectivity index (χ1v) is 14.7. The molecule has 2 aromatic rings. The van der Waals surface area contributed by atoms with Crippen LogP contribution in [0.2, 0.25) is 13.1 Å². The average molecular weight is 480 g/mol. The summed E-state index contributed by atoms with van der Waals surface area (Å²) in [5.41, 5.74) is 11.3. The van der Waals surface area contributed by atoms with Crippen molar-refractivity contribution in [3.05, 3.63) is 76.4 Å². The molecule has 0 N–H and O–H groups in total. The van der Waals surface area contributed by atoms with Crippen LogP contribution in [-0.4, -0.2) is 5.43 Å². The van der Waals surface area contributed by atoms with Crippen LogP contribution in [0.25, 0.3) is 16.7 Å². The fraction of sp³-hybridized carbons (Fsp3) is 0.273. The Morgan fingerprint density at radius 2 is 1.62 bits per heavy atom. The predicted molar refractivity (Wildman–Crippen MR) is 116 cm³/mol. The van der Waals surface area contributed by atoms with Gasteiger partial charge >= 0.3 is 41.9 Å². The number of allylic oxidation sites excluding steroid dienone is 4. The summed E-state index contributed by atoms with van der Waals surface area (Å²) in [4.78, 5) is 0. The van der Waals surface area contributed by atoms with Crippen molar-refractivity contribution < 1.29 is 23.3 Å². The molecule has 136 valence electrons. The molecule has 0 saturated carbocycles. The van der Waals surface area contributed by atoms with E-state index < -0.39 is 0 Å². The molecular formula is C22H25Cl2SiZr-. The number of hydrogen-bond donors (Lipinski definition) is 0. The van der Waals surface area contributed by atoms with E-state index in [1.54, 1.807) is 23.3 Å². The molecule has 0 radical (unpaired) electrons. The van der Waals surface area contributed by atoms with Crippen molar-refractivity contribution in [1.82, 2.24) is 0 Å². The summed E-state index contributed by atoms with van der Waals surface area (Å²) in [6.45, 7) is 9.04. The molecule has 2 aromatic carbocycles. The number of halogens is 2. The van der Waals surface area contributed by atoms with Gasteiger partial charge in [-0.2, -0.15) is 0 Å². The molecule has 4 rings (SSSR count). The van der Waals surface area contributed by atoms with Crippen LogP contribution in [0, 0.1) is 6.07 Å². The van der Waals surface area contributed by atoms with E-state index in [2.05, 4.69) is 75.5 Å². The molecule has 0 heterocycles. The van der Waals surface area contributed by atoms with E-state index in [9.17, 15) is 0 Å². The fourth-order valence-corrected chi connectivity index (χ4v) is 3.35. The number of benzene rings is 2. The normalized spacial score (nSPS) is 13.4. The molecule has 2 aliphatic rings. The third kappa shape index (κ3) is 5.10. The van der Waals surface area contributed by atoms with Gasteiger partial charge in [-0.3, -0.25) is 0 Å². The van der Waals surface area contributed by atoms with Crippen LogP contribution in [0.4, 0.5) is 0 Å². The monoisotopic (exact) mass is 477 g/mol. The standard InChI is InChI=1S/C20H17.C2H6Si.2ClH.Zr/c1-13-7-9-18(14(13)2)16-8-10-20-17(12-16)11-15-5-3-4-6-19(15)20;1-3-2;;;/h3-8,10H,9,11H2,1-2H3;1-2H3;2*1H;/q-1;;;;. The van der Waals surface area contributed by atoms with Crippen LogP contribution in [0.1, 0.15) is 37.0 Å². The first-order chi connectivity index (χ1) is 11.5. The summed E-state index contributed by atoms with van der Waals surface area (Å²) in [6.07, 6.45) is 4.40. The van der Waals surface area contributed by atoms with Gasteiger partial charge in [0.1, 0.15) is 0 Å². The van der Waals surface area contributed by atoms with Gasteiger partial charge in [-0.25, -0.2) is 0 Å². The van der Waals surface area contributed by atoms with Gasteiger partial charge in [-0.05, 0) is 32.3 Å². The molecule has 26 heavy (non-hydrogen) atoms. The molecule has 0 fully saturated rings. The van der Waals surface area contributed by atoms with Crippen LogP contribution in [0.3, 0.4) is 0 Å². The largest absolute Gasteiger partial charge is 0.147 e. The molecule has 0 bridgehead atoms. The van der Waals surface area contributed by atoms with Gasteiger partial charge < -0.3 is 0 Å². The molecule has 2 aliphatic carbocycles. The van der Waals surface area contributed by atoms with Crippen LogP contribution < -0.4 is 0 Å². The summed E-state index contributed by atoms with van der Waals surface area (Å²) >= 11 is 1.74. The van der Waals surface area contributed by atoms with Crippen molar-refractivity contribution in [2.75, 3.05) is 0 Å². The Balaban J connectivity index is 0.000000516. The van der Waals surface area contributed by atoms with Gasteiger partial charge in [0.25, 0.3) is 0 Å². The van der Waals surface area contributed by atoms with Crippen molar-refractivity contribution in [3.8, 4) is 11.1 Å². The van der Waals surface area contributed by atoms with Crippen molar-refractivity contribution in [2.24, 2.45) is 0 Å². The van der Waals surface area contributed by atoms with E-state index in [1.807, 2.05) is 0 Å². The smallest absolute Gasteiger partial charge is 0.147 e. The second kappa shape index (κ2) is 10.2. The summed E-state index contributed by atoms with van der Waals surface area (Å²) < 4.78 is 0. The number of rotatable bonds is 1. The van der Waals surface area contributed by atoms with Gasteiger partial charge in [0.2, 0.25) is 0 Å². The topological polar surface area (TPSA) is 0 Å². The molecule has 0 aromatic heterocycles. The predicted octanol–water partition coefficient (Wildman–Crippen LogP) is 6.81. The summed E-state index contributed by atoms with van der Waals surface area (Å²) in [7, 11) is 0. The molecule has 0 atom stereocenters. The minimum atomic E-state index is 0. The van der Waals surface area contributed by atoms with E-state index in [4.69, 9.17) is 0 Å². The van der Waals surface area contributed by atoms with E-state index in [0.29, 0.717) is 0 Å². The zero-order valence-corrected chi connectivity index (χ0v) is 20.9. The SMILES string of the molecule is CC1=CCC(c2[c-]c3c(cc2)-c2ccccc2C3)=C1C.C[Si](C)=[Zr].Cl.Cl. The zero-order chi connectivity index (χ0) is 17.3. The third-order valence-corrected chi connectivity index (χ3v) is 4.68. The van der Waals surface area contributed by atoms with Crippen LogP contribution in [-0.2, 0) is 29.8 Å². The Kier molecular flexibility index (Phi) is 9.30. The maximum atomic E-state index is 3.67. The van der Waals surface area contributed by atoms with Gasteiger partial charge in [0, 0.05) is 0 Å². The average Bonchev–Trinajstić information content (AvgIpc) is 3.07. The second-order valence-electron chi connectivity index (χ2n) is 6.79. The second-order valence-corrected chi connectivity index (χ2v) is 16.2. The molecule has 0 saturated heterocycles. The Labute approximate surface area is 185 Å². The Morgan fingerprint density at radius 1 is 0.962 bits per heavy atom. The minimum Gasteiger partial charge on any atom is -0.147 e. The summed E-state index contributed by atoms with van der Waals surface area (Å²) in [5, 5.41) is 0. The molecule has 0 unspecified atom stereocenters. The third-order valence-electron chi connectivity index (χ3n) is 4.68. The quantitative estimate of drug-likeness (QED) is 0.266. The van der Waals surface area contributed by atoms with E-state index in [0.717, 1.165) is 12.8 Å². The van der Waals surface area contributed by atoms with E-state index in [-0.39, 0.29) is 30.2 Å². The maximum absolute atomic E-state index is 3.67. The van der Waals surface area contributed by atoms with Crippen molar-refractivity contribution in [1.29, 1.82) is 0 Å². The Bertz CT molecular complexity index is 877. The zero-order valence-electron chi connectivity index (χ0n) is 15.8. The first kappa shape index (κ1) is 23.6. The number of fused-ring (bicyclic) bond motifs is 3. The van der Waals surface area contributed by atoms with E-state index in [1.165, 1.54) is 44.5 Å². The van der Waals surface area contributed by atoms with Crippen molar-refractivity contribution in [2.45, 2.75) is 39.8 Å². The fourth-order valence-electron chi connectivity index (χ4n) is 3.35. The van der Waals surface area contributed by atoms with Crippen LogP contribution in [0.5, 0.6) is 0 Å². The maximum Gasteiger partial charge on any atom is -0.147 e. The van der Waals surface area contributed by atoms with Crippen LogP contribution in [0.15, 0.2) is 53.6 Å². The first-order valence-electron chi connectivity index (χ1n) is 8.50. The molecule has 0 aliphatic heterocycles. The number of hydrogen-bond acceptors (Lipinski definition) is 0. The van der Waals surface area contributed by atoms with Gasteiger partial charge in [0.15, 0.2) is 0 Å². The molecule has 0 spiro atoms.